The van der Waals surface area contributed by atoms with E-state index in [2.05, 4.69) is 0 Å². The van der Waals surface area contributed by atoms with Crippen LogP contribution >= 0.6 is 11.5 Å². The molecule has 12 nitrogen and oxygen atoms in total. The van der Waals surface area contributed by atoms with E-state index in [1.54, 1.807) is 42.7 Å². The molecule has 0 fully saturated rings. The van der Waals surface area contributed by atoms with Gasteiger partial charge in [0.15, 0.2) is 45.8 Å². The van der Waals surface area contributed by atoms with Crippen LogP contribution in [-0.4, -0.2) is 73.7 Å². The number of aliphatic imine (C=N–C) groups is 1. The molecule has 5 aromatic rings. The van der Waals surface area contributed by atoms with Crippen molar-refractivity contribution in [2.24, 2.45) is 15.0 Å². The van der Waals surface area contributed by atoms with Crippen molar-refractivity contribution in [2.75, 3.05) is 42.7 Å². The van der Waals surface area contributed by atoms with Gasteiger partial charge in [-0.2, -0.15) is 0 Å². The largest absolute Gasteiger partial charge is 0.493 e. The van der Waals surface area contributed by atoms with Gasteiger partial charge in [0.05, 0.1) is 53.8 Å². The minimum atomic E-state index is -2.35. The molecule has 2 aromatic heterocycles. The summed E-state index contributed by atoms with van der Waals surface area (Å²) in [4.78, 5) is 15.7. The first kappa shape index (κ1) is 25.3. The molecule has 4 aliphatic heterocycles. The fourth-order valence-corrected chi connectivity index (χ4v) is 7.65. The quantitative estimate of drug-likeness (QED) is 0.273. The third-order valence-corrected chi connectivity index (χ3v) is 9.59. The second-order valence-electron chi connectivity index (χ2n) is 10.8. The molecular formula is C30H24BClN6O6. The number of aromatic nitrogens is 2. The van der Waals surface area contributed by atoms with Gasteiger partial charge in [0.1, 0.15) is 11.3 Å². The number of hydrogen-bond acceptors (Lipinski definition) is 9. The van der Waals surface area contributed by atoms with Crippen LogP contribution in [0.2, 0.25) is 0 Å². The molecule has 0 aliphatic carbocycles. The first-order chi connectivity index (χ1) is 21.4. The highest BCUT2D eigenvalue weighted by Crippen LogP contribution is 2.50. The highest BCUT2D eigenvalue weighted by atomic mass is 35.5. The van der Waals surface area contributed by atoms with Crippen LogP contribution in [0.1, 0.15) is 11.1 Å². The Balaban J connectivity index is 1.53. The molecule has 44 heavy (non-hydrogen) atoms. The molecule has 1 atom stereocenters. The average Bonchev–Trinajstić information content (AvgIpc) is 3.66. The van der Waals surface area contributed by atoms with Crippen molar-refractivity contribution >= 4 is 62.3 Å². The zero-order chi connectivity index (χ0) is 30.2. The molecule has 0 bridgehead atoms. The van der Waals surface area contributed by atoms with Crippen molar-refractivity contribution in [3.63, 3.8) is 0 Å². The van der Waals surface area contributed by atoms with E-state index in [0.29, 0.717) is 68.8 Å². The fraction of sp³-hybridized carbons (Fsp3) is 0.200. The lowest BCUT2D eigenvalue weighted by Crippen LogP contribution is -2.68. The Kier molecular flexibility index (Phi) is 4.76. The Morgan fingerprint density at radius 2 is 0.977 bits per heavy atom. The molecule has 4 aliphatic rings. The average molecular weight is 611 g/mol. The Morgan fingerprint density at radius 3 is 1.50 bits per heavy atom. The van der Waals surface area contributed by atoms with E-state index in [4.69, 9.17) is 54.9 Å². The number of ether oxygens (including phenoxy) is 6. The molecule has 3 aromatic carbocycles. The third kappa shape index (κ3) is 2.68. The van der Waals surface area contributed by atoms with Gasteiger partial charge in [-0.05, 0) is 36.4 Å². The number of amidine groups is 2. The molecule has 220 valence electrons. The smallest absolute Gasteiger partial charge is 0.460 e. The van der Waals surface area contributed by atoms with Crippen molar-refractivity contribution in [3.05, 3.63) is 58.5 Å². The molecule has 0 saturated heterocycles. The first-order valence-electron chi connectivity index (χ1n) is 13.8. The van der Waals surface area contributed by atoms with Gasteiger partial charge in [-0.25, -0.2) is 4.99 Å². The van der Waals surface area contributed by atoms with Gasteiger partial charge >= 0.3 is 5.97 Å². The van der Waals surface area contributed by atoms with Crippen molar-refractivity contribution in [3.8, 4) is 34.5 Å². The number of benzene rings is 3. The summed E-state index contributed by atoms with van der Waals surface area (Å²) in [5, 5.41) is 3.29. The second-order valence-corrected chi connectivity index (χ2v) is 11.4. The number of halogens is 1. The molecule has 0 spiro atoms. The van der Waals surface area contributed by atoms with E-state index in [9.17, 15) is 0 Å². The standard InChI is InChI=1S/C30H24BClN6O6/c1-39-19-7-13-14(8-20(19)40-2)26-34-28-17-11-23(43-5)24(44-6)12-18(17)30-35-29-16-10-22(42-4)21(41-3)9-15(16)27-33-25(13)36(26)31(32,37(27)29)38(28)30/h7-12H,1-6H3. The molecular weight excluding hydrogens is 587 g/mol. The fourth-order valence-electron chi connectivity index (χ4n) is 7.09. The number of nitrogens with zero attached hydrogens (tertiary/aromatic N) is 6. The van der Waals surface area contributed by atoms with Crippen molar-refractivity contribution in [1.29, 1.82) is 0 Å². The minimum Gasteiger partial charge on any atom is -0.493 e. The van der Waals surface area contributed by atoms with E-state index in [1.807, 2.05) is 49.8 Å². The van der Waals surface area contributed by atoms with Gasteiger partial charge < -0.3 is 41.9 Å². The molecule has 0 saturated carbocycles. The Morgan fingerprint density at radius 1 is 0.545 bits per heavy atom. The predicted octanol–water partition coefficient (Wildman–Crippen LogP) is 3.48. The molecule has 6 heterocycles. The van der Waals surface area contributed by atoms with Crippen LogP contribution in [0, 0.1) is 0 Å². The van der Waals surface area contributed by atoms with Gasteiger partial charge in [0, 0.05) is 21.5 Å². The van der Waals surface area contributed by atoms with E-state index in [-0.39, 0.29) is 0 Å². The number of fused-ring (bicyclic) bond motifs is 9. The normalized spacial score (nSPS) is 17.9. The van der Waals surface area contributed by atoms with Crippen LogP contribution in [0.4, 0.5) is 11.6 Å². The van der Waals surface area contributed by atoms with Crippen LogP contribution in [0.25, 0.3) is 21.5 Å². The zero-order valence-corrected chi connectivity index (χ0v) is 25.3. The van der Waals surface area contributed by atoms with Crippen molar-refractivity contribution in [2.45, 2.75) is 0 Å². The third-order valence-electron chi connectivity index (χ3n) is 9.01. The maximum absolute atomic E-state index is 8.09. The van der Waals surface area contributed by atoms with Crippen molar-refractivity contribution < 1.29 is 32.9 Å². The highest BCUT2D eigenvalue weighted by molar-refractivity contribution is 7.15. The van der Waals surface area contributed by atoms with Crippen molar-refractivity contribution in [1.82, 2.24) is 8.96 Å². The van der Waals surface area contributed by atoms with Crippen LogP contribution in [-0.2, 0) is 0 Å². The molecule has 0 N–H and O–H groups in total. The van der Waals surface area contributed by atoms with E-state index in [1.165, 1.54) is 0 Å². The lowest BCUT2D eigenvalue weighted by atomic mass is 9.85. The topological polar surface area (TPSA) is 105 Å². The molecule has 0 radical (unpaired) electrons. The predicted molar refractivity (Wildman–Crippen MR) is 165 cm³/mol. The van der Waals surface area contributed by atoms with Gasteiger partial charge in [0.25, 0.3) is 0 Å². The Hall–Kier alpha value is -5.17. The summed E-state index contributed by atoms with van der Waals surface area (Å²) in [6.45, 7) is 0. The Labute approximate surface area is 254 Å². The molecule has 1 unspecified atom stereocenters. The maximum atomic E-state index is 8.09. The van der Waals surface area contributed by atoms with E-state index < -0.39 is 5.97 Å². The van der Waals surface area contributed by atoms with Gasteiger partial charge in [0.2, 0.25) is 11.7 Å². The summed E-state index contributed by atoms with van der Waals surface area (Å²) in [7, 11) is 9.66. The number of hydrogen-bond donors (Lipinski definition) is 0. The molecule has 9 rings (SSSR count). The minimum absolute atomic E-state index is 0.574. The van der Waals surface area contributed by atoms with Crippen LogP contribution < -0.4 is 39.4 Å². The summed E-state index contributed by atoms with van der Waals surface area (Å²) in [5.41, 5.74) is 2.94. The first-order valence-corrected chi connectivity index (χ1v) is 14.3. The van der Waals surface area contributed by atoms with Crippen LogP contribution in [0.15, 0.2) is 51.4 Å². The SMILES string of the molecule is COc1cc2c(cc1OC)C1=[N+]3C2=Nc2c4cc(OC)c(OC)cc4c4n2[B-]3(Cl)n2c(c3cc(OC)c(OC)cc3c2=N4)=N1. The lowest BCUT2D eigenvalue weighted by Gasteiger charge is -2.43. The highest BCUT2D eigenvalue weighted by Gasteiger charge is 2.55. The molecule has 14 heteroatoms. The Bertz CT molecular complexity index is 2400. The summed E-state index contributed by atoms with van der Waals surface area (Å²) in [5.74, 6) is 3.68. The second kappa shape index (κ2) is 8.26. The summed E-state index contributed by atoms with van der Waals surface area (Å²) < 4.78 is 40.2. The monoisotopic (exact) mass is 610 g/mol. The summed E-state index contributed by atoms with van der Waals surface area (Å²) in [6, 6.07) is 11.5. The van der Waals surface area contributed by atoms with Gasteiger partial charge in [-0.3, -0.25) is 11.5 Å². The van der Waals surface area contributed by atoms with Gasteiger partial charge in [-0.1, -0.05) is 9.98 Å². The lowest BCUT2D eigenvalue weighted by molar-refractivity contribution is -0.263. The maximum Gasteiger partial charge on any atom is 0.460 e. The summed E-state index contributed by atoms with van der Waals surface area (Å²) >= 11 is 8.09. The zero-order valence-electron chi connectivity index (χ0n) is 24.6. The van der Waals surface area contributed by atoms with Crippen LogP contribution in [0.3, 0.4) is 0 Å². The van der Waals surface area contributed by atoms with E-state index in [0.717, 1.165) is 32.7 Å². The molecule has 0 amide bonds. The van der Waals surface area contributed by atoms with Crippen LogP contribution in [0.5, 0.6) is 34.5 Å². The van der Waals surface area contributed by atoms with Gasteiger partial charge in [-0.15, -0.1) is 0 Å². The van der Waals surface area contributed by atoms with E-state index >= 15 is 0 Å². The number of rotatable bonds is 6. The summed E-state index contributed by atoms with van der Waals surface area (Å²) in [6.07, 6.45) is 0. The number of methoxy groups -OCH3 is 6.